The van der Waals surface area contributed by atoms with Crippen LogP contribution in [0.15, 0.2) is 10.7 Å². The van der Waals surface area contributed by atoms with E-state index in [4.69, 9.17) is 5.11 Å². The Morgan fingerprint density at radius 3 is 2.87 bits per heavy atom. The highest BCUT2D eigenvalue weighted by atomic mass is 79.9. The van der Waals surface area contributed by atoms with Crippen LogP contribution in [0.5, 0.6) is 0 Å². The summed E-state index contributed by atoms with van der Waals surface area (Å²) in [5, 5.41) is 15.2. The first-order valence-corrected chi connectivity index (χ1v) is 5.61. The third-order valence-electron chi connectivity index (χ3n) is 1.64. The monoisotopic (exact) mass is 274 g/mol. The van der Waals surface area contributed by atoms with E-state index in [1.165, 1.54) is 0 Å². The van der Waals surface area contributed by atoms with Crippen molar-refractivity contribution >= 4 is 27.7 Å². The number of aliphatic hydroxyl groups excluding tert-OH is 1. The summed E-state index contributed by atoms with van der Waals surface area (Å²) in [6, 6.07) is 0. The number of rotatable bonds is 5. The van der Waals surface area contributed by atoms with Gasteiger partial charge in [0.15, 0.2) is 0 Å². The van der Waals surface area contributed by atoms with Crippen molar-refractivity contribution < 1.29 is 5.11 Å². The van der Waals surface area contributed by atoms with E-state index in [2.05, 4.69) is 36.5 Å². The molecule has 1 heterocycles. The average molecular weight is 275 g/mol. The molecule has 0 amide bonds. The molecule has 6 heteroatoms. The number of halogens is 1. The lowest BCUT2D eigenvalue weighted by atomic mass is 10.4. The van der Waals surface area contributed by atoms with Crippen molar-refractivity contribution in [3.8, 4) is 0 Å². The van der Waals surface area contributed by atoms with Crippen molar-refractivity contribution in [2.24, 2.45) is 0 Å². The number of nitrogens with one attached hydrogen (secondary N) is 2. The molecule has 0 aliphatic rings. The van der Waals surface area contributed by atoms with Gasteiger partial charge in [-0.25, -0.2) is 4.98 Å². The van der Waals surface area contributed by atoms with Gasteiger partial charge in [0.1, 0.15) is 5.82 Å². The Kier molecular flexibility index (Phi) is 4.77. The number of nitrogens with zero attached hydrogens (tertiary/aromatic N) is 2. The summed E-state index contributed by atoms with van der Waals surface area (Å²) in [7, 11) is 0. The second-order valence-electron chi connectivity index (χ2n) is 3.15. The Hall–Kier alpha value is -0.880. The van der Waals surface area contributed by atoms with Crippen molar-refractivity contribution in [3.05, 3.63) is 10.7 Å². The molecular weight excluding hydrogens is 260 g/mol. The minimum absolute atomic E-state index is 0.408. The van der Waals surface area contributed by atoms with Crippen LogP contribution in [0.4, 0.5) is 11.8 Å². The Balaban J connectivity index is 2.71. The highest BCUT2D eigenvalue weighted by molar-refractivity contribution is 9.10. The van der Waals surface area contributed by atoms with E-state index in [-0.39, 0.29) is 0 Å². The van der Waals surface area contributed by atoms with Gasteiger partial charge in [-0.15, -0.1) is 0 Å². The molecule has 1 unspecified atom stereocenters. The van der Waals surface area contributed by atoms with Gasteiger partial charge in [0, 0.05) is 19.3 Å². The third kappa shape index (κ3) is 4.01. The van der Waals surface area contributed by atoms with Gasteiger partial charge in [0.25, 0.3) is 0 Å². The summed E-state index contributed by atoms with van der Waals surface area (Å²) in [4.78, 5) is 8.33. The van der Waals surface area contributed by atoms with Gasteiger partial charge in [0.2, 0.25) is 5.95 Å². The molecule has 0 bridgehead atoms. The summed E-state index contributed by atoms with van der Waals surface area (Å²) in [5.41, 5.74) is 0. The predicted molar refractivity (Wildman–Crippen MR) is 64.1 cm³/mol. The number of aromatic nitrogens is 2. The first-order valence-electron chi connectivity index (χ1n) is 4.81. The normalized spacial score (nSPS) is 12.3. The van der Waals surface area contributed by atoms with Gasteiger partial charge < -0.3 is 15.7 Å². The lowest BCUT2D eigenvalue weighted by molar-refractivity contribution is 0.208. The van der Waals surface area contributed by atoms with Crippen LogP contribution in [0.1, 0.15) is 13.8 Å². The predicted octanol–water partition coefficient (Wildman–Crippen LogP) is 1.46. The molecule has 84 valence electrons. The highest BCUT2D eigenvalue weighted by Gasteiger charge is 2.04. The van der Waals surface area contributed by atoms with Crippen molar-refractivity contribution in [3.63, 3.8) is 0 Å². The number of hydrogen-bond donors (Lipinski definition) is 3. The van der Waals surface area contributed by atoms with Crippen LogP contribution in [0.2, 0.25) is 0 Å². The molecule has 1 aromatic heterocycles. The smallest absolute Gasteiger partial charge is 0.224 e. The standard InChI is InChI=1S/C9H15BrN4O/c1-3-11-9-13-5-7(10)8(14-9)12-4-6(2)15/h5-6,15H,3-4H2,1-2H3,(H2,11,12,13,14). The minimum atomic E-state index is -0.408. The van der Waals surface area contributed by atoms with Crippen LogP contribution < -0.4 is 10.6 Å². The zero-order chi connectivity index (χ0) is 11.3. The van der Waals surface area contributed by atoms with E-state index in [9.17, 15) is 0 Å². The Bertz CT molecular complexity index is 319. The summed E-state index contributed by atoms with van der Waals surface area (Å²) in [5.74, 6) is 1.26. The Morgan fingerprint density at radius 2 is 2.27 bits per heavy atom. The van der Waals surface area contributed by atoms with Crippen molar-refractivity contribution in [1.29, 1.82) is 0 Å². The van der Waals surface area contributed by atoms with Crippen molar-refractivity contribution in [2.75, 3.05) is 23.7 Å². The lowest BCUT2D eigenvalue weighted by Crippen LogP contribution is -2.17. The van der Waals surface area contributed by atoms with E-state index < -0.39 is 6.10 Å². The lowest BCUT2D eigenvalue weighted by Gasteiger charge is -2.10. The third-order valence-corrected chi connectivity index (χ3v) is 2.22. The first kappa shape index (κ1) is 12.2. The summed E-state index contributed by atoms with van der Waals surface area (Å²) in [6.07, 6.45) is 1.27. The topological polar surface area (TPSA) is 70.1 Å². The van der Waals surface area contributed by atoms with Crippen LogP contribution in [0.3, 0.4) is 0 Å². The van der Waals surface area contributed by atoms with E-state index in [0.717, 1.165) is 11.0 Å². The van der Waals surface area contributed by atoms with Gasteiger partial charge in [-0.1, -0.05) is 0 Å². The fourth-order valence-electron chi connectivity index (χ4n) is 0.979. The molecule has 1 aromatic rings. The van der Waals surface area contributed by atoms with E-state index in [0.29, 0.717) is 18.3 Å². The van der Waals surface area contributed by atoms with E-state index in [1.807, 2.05) is 6.92 Å². The fourth-order valence-corrected chi connectivity index (χ4v) is 1.31. The van der Waals surface area contributed by atoms with Gasteiger partial charge in [-0.2, -0.15) is 4.98 Å². The van der Waals surface area contributed by atoms with Gasteiger partial charge in [-0.05, 0) is 29.8 Å². The second kappa shape index (κ2) is 5.87. The Labute approximate surface area is 97.5 Å². The minimum Gasteiger partial charge on any atom is -0.392 e. The van der Waals surface area contributed by atoms with E-state index >= 15 is 0 Å². The molecule has 0 aromatic carbocycles. The molecular formula is C9H15BrN4O. The first-order chi connectivity index (χ1) is 7.13. The van der Waals surface area contributed by atoms with Crippen LogP contribution >= 0.6 is 15.9 Å². The molecule has 0 saturated heterocycles. The largest absolute Gasteiger partial charge is 0.392 e. The van der Waals surface area contributed by atoms with Crippen molar-refractivity contribution in [1.82, 2.24) is 9.97 Å². The molecule has 3 N–H and O–H groups in total. The Morgan fingerprint density at radius 1 is 1.53 bits per heavy atom. The van der Waals surface area contributed by atoms with Crippen LogP contribution in [0, 0.1) is 0 Å². The zero-order valence-electron chi connectivity index (χ0n) is 8.79. The molecule has 0 radical (unpaired) electrons. The van der Waals surface area contributed by atoms with Gasteiger partial charge in [0.05, 0.1) is 10.6 Å². The molecule has 15 heavy (non-hydrogen) atoms. The quantitative estimate of drug-likeness (QED) is 0.759. The van der Waals surface area contributed by atoms with Crippen LogP contribution in [-0.2, 0) is 0 Å². The maximum Gasteiger partial charge on any atom is 0.224 e. The van der Waals surface area contributed by atoms with Gasteiger partial charge >= 0.3 is 0 Å². The molecule has 0 saturated carbocycles. The SMILES string of the molecule is CCNc1ncc(Br)c(NCC(C)O)n1. The maximum absolute atomic E-state index is 9.14. The zero-order valence-corrected chi connectivity index (χ0v) is 10.4. The summed E-state index contributed by atoms with van der Waals surface area (Å²) < 4.78 is 0.782. The highest BCUT2D eigenvalue weighted by Crippen LogP contribution is 2.19. The van der Waals surface area contributed by atoms with Crippen molar-refractivity contribution in [2.45, 2.75) is 20.0 Å². The molecule has 5 nitrogen and oxygen atoms in total. The molecule has 0 aliphatic heterocycles. The van der Waals surface area contributed by atoms with E-state index in [1.54, 1.807) is 13.1 Å². The molecule has 1 atom stereocenters. The molecule has 0 aliphatic carbocycles. The van der Waals surface area contributed by atoms with Crippen LogP contribution in [0.25, 0.3) is 0 Å². The van der Waals surface area contributed by atoms with Crippen LogP contribution in [-0.4, -0.2) is 34.3 Å². The number of hydrogen-bond acceptors (Lipinski definition) is 5. The van der Waals surface area contributed by atoms with Gasteiger partial charge in [-0.3, -0.25) is 0 Å². The number of aliphatic hydroxyl groups is 1. The maximum atomic E-state index is 9.14. The second-order valence-corrected chi connectivity index (χ2v) is 4.00. The summed E-state index contributed by atoms with van der Waals surface area (Å²) in [6.45, 7) is 4.93. The molecule has 1 rings (SSSR count). The molecule has 0 fully saturated rings. The fraction of sp³-hybridized carbons (Fsp3) is 0.556. The summed E-state index contributed by atoms with van der Waals surface area (Å²) >= 11 is 3.33. The molecule has 0 spiro atoms. The number of anilines is 2. The average Bonchev–Trinajstić information content (AvgIpc) is 2.19.